The van der Waals surface area contributed by atoms with Crippen LogP contribution in [-0.2, 0) is 4.79 Å². The first-order chi connectivity index (χ1) is 11.9. The van der Waals surface area contributed by atoms with E-state index in [1.54, 1.807) is 30.3 Å². The number of carboxylic acid groups (broad SMARTS) is 1. The van der Waals surface area contributed by atoms with Gasteiger partial charge in [-0.3, -0.25) is 9.59 Å². The summed E-state index contributed by atoms with van der Waals surface area (Å²) in [6.07, 6.45) is 0.388. The number of benzene rings is 1. The number of aliphatic carboxylic acids is 1. The van der Waals surface area contributed by atoms with Crippen molar-refractivity contribution in [1.29, 1.82) is 0 Å². The molecule has 2 N–H and O–H groups in total. The van der Waals surface area contributed by atoms with Gasteiger partial charge in [-0.05, 0) is 31.2 Å². The van der Waals surface area contributed by atoms with Crippen LogP contribution in [0.25, 0.3) is 11.3 Å². The number of ketones is 1. The van der Waals surface area contributed by atoms with Crippen LogP contribution in [0.2, 0.25) is 0 Å². The molecule has 130 valence electrons. The monoisotopic (exact) mass is 359 g/mol. The molecular formula is C18H17NO5S. The van der Waals surface area contributed by atoms with Gasteiger partial charge in [0.1, 0.15) is 11.3 Å². The van der Waals surface area contributed by atoms with Gasteiger partial charge in [0.15, 0.2) is 11.5 Å². The van der Waals surface area contributed by atoms with Crippen LogP contribution in [-0.4, -0.2) is 39.8 Å². The summed E-state index contributed by atoms with van der Waals surface area (Å²) in [4.78, 5) is 35.2. The lowest BCUT2D eigenvalue weighted by Gasteiger charge is -2.23. The second-order valence-corrected chi connectivity index (χ2v) is 7.05. The number of thioether (sulfide) groups is 1. The third kappa shape index (κ3) is 3.46. The van der Waals surface area contributed by atoms with Crippen molar-refractivity contribution in [2.24, 2.45) is 0 Å². The fourth-order valence-electron chi connectivity index (χ4n) is 2.65. The molecule has 1 amide bonds. The molecule has 1 aliphatic rings. The normalized spacial score (nSPS) is 19.6. The lowest BCUT2D eigenvalue weighted by Crippen LogP contribution is -2.54. The molecule has 1 aliphatic heterocycles. The zero-order chi connectivity index (χ0) is 18.0. The molecule has 3 rings (SSSR count). The van der Waals surface area contributed by atoms with Crippen molar-refractivity contribution in [3.63, 3.8) is 0 Å². The van der Waals surface area contributed by atoms with Gasteiger partial charge in [0.25, 0.3) is 5.91 Å². The molecule has 0 saturated carbocycles. The highest BCUT2D eigenvalue weighted by molar-refractivity contribution is 7.99. The van der Waals surface area contributed by atoms with Gasteiger partial charge in [-0.2, -0.15) is 11.8 Å². The maximum atomic E-state index is 12.4. The predicted molar refractivity (Wildman–Crippen MR) is 93.9 cm³/mol. The molecule has 1 aromatic heterocycles. The second-order valence-electron chi connectivity index (χ2n) is 5.94. The number of carboxylic acids is 1. The zero-order valence-electron chi connectivity index (χ0n) is 13.6. The molecular weight excluding hydrogens is 342 g/mol. The lowest BCUT2D eigenvalue weighted by atomic mass is 9.99. The highest BCUT2D eigenvalue weighted by atomic mass is 32.2. The Labute approximate surface area is 148 Å². The van der Waals surface area contributed by atoms with Gasteiger partial charge in [0.2, 0.25) is 0 Å². The Morgan fingerprint density at radius 2 is 1.88 bits per heavy atom. The number of hydrogen-bond donors (Lipinski definition) is 2. The number of hydrogen-bond acceptors (Lipinski definition) is 5. The zero-order valence-corrected chi connectivity index (χ0v) is 14.4. The summed E-state index contributed by atoms with van der Waals surface area (Å²) in [7, 11) is 0. The van der Waals surface area contributed by atoms with Crippen LogP contribution in [0.3, 0.4) is 0 Å². The fraction of sp³-hybridized carbons (Fsp3) is 0.278. The minimum Gasteiger partial charge on any atom is -0.479 e. The van der Waals surface area contributed by atoms with Crippen LogP contribution in [0.4, 0.5) is 0 Å². The molecule has 1 saturated heterocycles. The Morgan fingerprint density at radius 3 is 2.44 bits per heavy atom. The number of carbonyl (C=O) groups excluding carboxylic acids is 2. The summed E-state index contributed by atoms with van der Waals surface area (Å²) < 4.78 is 5.57. The van der Waals surface area contributed by atoms with Gasteiger partial charge >= 0.3 is 5.97 Å². The van der Waals surface area contributed by atoms with Gasteiger partial charge in [-0.25, -0.2) is 4.79 Å². The van der Waals surface area contributed by atoms with E-state index >= 15 is 0 Å². The third-order valence-corrected chi connectivity index (χ3v) is 5.38. The molecule has 1 atom stereocenters. The fourth-order valence-corrected chi connectivity index (χ4v) is 3.97. The van der Waals surface area contributed by atoms with E-state index < -0.39 is 17.4 Å². The summed E-state index contributed by atoms with van der Waals surface area (Å²) in [6, 6.07) is 10.0. The predicted octanol–water partition coefficient (Wildman–Crippen LogP) is 2.84. The van der Waals surface area contributed by atoms with Gasteiger partial charge in [-0.15, -0.1) is 0 Å². The first kappa shape index (κ1) is 17.3. The molecule has 0 bridgehead atoms. The van der Waals surface area contributed by atoms with Crippen molar-refractivity contribution in [3.05, 3.63) is 47.7 Å². The van der Waals surface area contributed by atoms with E-state index in [9.17, 15) is 19.5 Å². The number of furan rings is 1. The standard InChI is InChI=1S/C18H17NO5S/c1-11(20)12-2-4-13(5-3-12)14-6-7-15(24-14)16(21)19-18(17(22)23)8-9-25-10-18/h2-7H,8-10H2,1H3,(H,19,21)(H,22,23). The smallest absolute Gasteiger partial charge is 0.330 e. The van der Waals surface area contributed by atoms with E-state index in [1.807, 2.05) is 0 Å². The Bertz CT molecular complexity index is 818. The van der Waals surface area contributed by atoms with Gasteiger partial charge in [0, 0.05) is 16.9 Å². The van der Waals surface area contributed by atoms with Crippen molar-refractivity contribution < 1.29 is 23.9 Å². The summed E-state index contributed by atoms with van der Waals surface area (Å²) in [5.74, 6) is -0.0332. The van der Waals surface area contributed by atoms with Crippen molar-refractivity contribution in [3.8, 4) is 11.3 Å². The SMILES string of the molecule is CC(=O)c1ccc(-c2ccc(C(=O)NC3(C(=O)O)CCSC3)o2)cc1. The first-order valence-corrected chi connectivity index (χ1v) is 8.92. The van der Waals surface area contributed by atoms with E-state index in [-0.39, 0.29) is 11.5 Å². The van der Waals surface area contributed by atoms with Crippen molar-refractivity contribution in [2.45, 2.75) is 18.9 Å². The summed E-state index contributed by atoms with van der Waals surface area (Å²) in [5, 5.41) is 12.0. The Hall–Kier alpha value is -2.54. The molecule has 1 fully saturated rings. The van der Waals surface area contributed by atoms with Crippen LogP contribution in [0.5, 0.6) is 0 Å². The van der Waals surface area contributed by atoms with E-state index in [1.165, 1.54) is 24.8 Å². The topological polar surface area (TPSA) is 96.6 Å². The summed E-state index contributed by atoms with van der Waals surface area (Å²) >= 11 is 1.50. The largest absolute Gasteiger partial charge is 0.479 e. The van der Waals surface area contributed by atoms with Gasteiger partial charge in [-0.1, -0.05) is 24.3 Å². The van der Waals surface area contributed by atoms with E-state index in [4.69, 9.17) is 4.42 Å². The first-order valence-electron chi connectivity index (χ1n) is 7.76. The maximum absolute atomic E-state index is 12.4. The van der Waals surface area contributed by atoms with Crippen LogP contribution in [0.15, 0.2) is 40.8 Å². The van der Waals surface area contributed by atoms with Crippen LogP contribution < -0.4 is 5.32 Å². The summed E-state index contributed by atoms with van der Waals surface area (Å²) in [5.41, 5.74) is 0.0847. The molecule has 2 heterocycles. The highest BCUT2D eigenvalue weighted by Crippen LogP contribution is 2.29. The van der Waals surface area contributed by atoms with Crippen LogP contribution >= 0.6 is 11.8 Å². The number of amides is 1. The molecule has 0 radical (unpaired) electrons. The molecule has 25 heavy (non-hydrogen) atoms. The van der Waals surface area contributed by atoms with Gasteiger partial charge < -0.3 is 14.8 Å². The highest BCUT2D eigenvalue weighted by Gasteiger charge is 2.43. The van der Waals surface area contributed by atoms with Crippen molar-refractivity contribution in [1.82, 2.24) is 5.32 Å². The van der Waals surface area contributed by atoms with Crippen LogP contribution in [0, 0.1) is 0 Å². The minimum absolute atomic E-state index is 0.0283. The van der Waals surface area contributed by atoms with Crippen molar-refractivity contribution >= 4 is 29.4 Å². The van der Waals surface area contributed by atoms with Crippen molar-refractivity contribution in [2.75, 3.05) is 11.5 Å². The Morgan fingerprint density at radius 1 is 1.16 bits per heavy atom. The summed E-state index contributed by atoms with van der Waals surface area (Å²) in [6.45, 7) is 1.49. The van der Waals surface area contributed by atoms with E-state index in [0.29, 0.717) is 29.3 Å². The van der Waals surface area contributed by atoms with Crippen LogP contribution in [0.1, 0.15) is 34.3 Å². The molecule has 0 spiro atoms. The van der Waals surface area contributed by atoms with Gasteiger partial charge in [0.05, 0.1) is 0 Å². The molecule has 0 aliphatic carbocycles. The molecule has 6 nitrogen and oxygen atoms in total. The third-order valence-electron chi connectivity index (χ3n) is 4.19. The number of carbonyl (C=O) groups is 3. The Balaban J connectivity index is 1.77. The number of nitrogens with one attached hydrogen (secondary N) is 1. The average Bonchev–Trinajstić information content (AvgIpc) is 3.25. The molecule has 2 aromatic rings. The quantitative estimate of drug-likeness (QED) is 0.797. The number of rotatable bonds is 5. The minimum atomic E-state index is -1.24. The second kappa shape index (κ2) is 6.76. The molecule has 1 aromatic carbocycles. The molecule has 1 unspecified atom stereocenters. The maximum Gasteiger partial charge on any atom is 0.330 e. The van der Waals surface area contributed by atoms with E-state index in [2.05, 4.69) is 5.32 Å². The lowest BCUT2D eigenvalue weighted by molar-refractivity contribution is -0.143. The Kier molecular flexibility index (Phi) is 4.67. The number of Topliss-reactive ketones (excluding diaryl/α,β-unsaturated/α-hetero) is 1. The molecule has 7 heteroatoms. The average molecular weight is 359 g/mol. The van der Waals surface area contributed by atoms with E-state index in [0.717, 1.165) is 5.56 Å².